The second-order valence-electron chi connectivity index (χ2n) is 2.71. The fourth-order valence-electron chi connectivity index (χ4n) is 1.06. The van der Waals surface area contributed by atoms with Crippen LogP contribution >= 0.6 is 0 Å². The van der Waals surface area contributed by atoms with Gasteiger partial charge in [0.25, 0.3) is 0 Å². The zero-order chi connectivity index (χ0) is 9.14. The molecule has 0 fully saturated rings. The summed E-state index contributed by atoms with van der Waals surface area (Å²) in [4.78, 5) is 15.0. The number of aromatic nitrogens is 1. The predicted octanol–water partition coefficient (Wildman–Crippen LogP) is 1.05. The molecule has 0 aliphatic heterocycles. The van der Waals surface area contributed by atoms with Gasteiger partial charge in [-0.2, -0.15) is 0 Å². The van der Waals surface area contributed by atoms with E-state index in [9.17, 15) is 4.79 Å². The second kappa shape index (κ2) is 3.34. The number of hydrogen-bond acceptors (Lipinski definition) is 2. The summed E-state index contributed by atoms with van der Waals surface area (Å²) < 4.78 is 0. The maximum absolute atomic E-state index is 10.8. The van der Waals surface area contributed by atoms with Gasteiger partial charge in [0.1, 0.15) is 0 Å². The average Bonchev–Trinajstić information content (AvgIpc) is 2.03. The lowest BCUT2D eigenvalue weighted by molar-refractivity contribution is 0.1000. The summed E-state index contributed by atoms with van der Waals surface area (Å²) in [5.74, 6) is -0.393. The molecule has 0 aliphatic carbocycles. The van der Waals surface area contributed by atoms with Crippen LogP contribution in [-0.2, 0) is 6.42 Å². The standard InChI is InChI=1S/C9H12N2O/c1-3-8-5-7(9(10)12)4-6(2)11-8/h4-5H,3H2,1-2H3,(H2,10,12). The smallest absolute Gasteiger partial charge is 0.248 e. The summed E-state index contributed by atoms with van der Waals surface area (Å²) in [5.41, 5.74) is 7.42. The van der Waals surface area contributed by atoms with Crippen molar-refractivity contribution in [3.8, 4) is 0 Å². The Hall–Kier alpha value is -1.38. The molecular weight excluding hydrogens is 152 g/mol. The largest absolute Gasteiger partial charge is 0.366 e. The minimum atomic E-state index is -0.393. The molecule has 0 radical (unpaired) electrons. The maximum Gasteiger partial charge on any atom is 0.248 e. The lowest BCUT2D eigenvalue weighted by Crippen LogP contribution is -2.12. The molecule has 0 aliphatic rings. The zero-order valence-electron chi connectivity index (χ0n) is 7.29. The average molecular weight is 164 g/mol. The normalized spacial score (nSPS) is 9.83. The highest BCUT2D eigenvalue weighted by atomic mass is 16.1. The van der Waals surface area contributed by atoms with Crippen molar-refractivity contribution >= 4 is 5.91 Å². The van der Waals surface area contributed by atoms with Gasteiger partial charge in [0.15, 0.2) is 0 Å². The van der Waals surface area contributed by atoms with Gasteiger partial charge in [-0.25, -0.2) is 0 Å². The molecule has 12 heavy (non-hydrogen) atoms. The Morgan fingerprint density at radius 3 is 2.75 bits per heavy atom. The van der Waals surface area contributed by atoms with Crippen LogP contribution in [0.4, 0.5) is 0 Å². The molecular formula is C9H12N2O. The number of rotatable bonds is 2. The molecule has 0 aromatic carbocycles. The van der Waals surface area contributed by atoms with Gasteiger partial charge in [0, 0.05) is 17.0 Å². The lowest BCUT2D eigenvalue weighted by atomic mass is 10.1. The van der Waals surface area contributed by atoms with Crippen LogP contribution in [-0.4, -0.2) is 10.9 Å². The molecule has 2 N–H and O–H groups in total. The van der Waals surface area contributed by atoms with Crippen LogP contribution in [0.3, 0.4) is 0 Å². The van der Waals surface area contributed by atoms with Crippen molar-refractivity contribution in [2.24, 2.45) is 5.73 Å². The quantitative estimate of drug-likeness (QED) is 0.710. The first-order valence-corrected chi connectivity index (χ1v) is 3.91. The Kier molecular flexibility index (Phi) is 2.43. The number of nitrogens with two attached hydrogens (primary N) is 1. The van der Waals surface area contributed by atoms with Crippen molar-refractivity contribution in [3.63, 3.8) is 0 Å². The van der Waals surface area contributed by atoms with Crippen LogP contribution < -0.4 is 5.73 Å². The molecule has 1 aromatic rings. The molecule has 0 spiro atoms. The third-order valence-electron chi connectivity index (χ3n) is 1.65. The summed E-state index contributed by atoms with van der Waals surface area (Å²) in [6.45, 7) is 3.85. The molecule has 0 saturated heterocycles. The van der Waals surface area contributed by atoms with Crippen LogP contribution in [0.15, 0.2) is 12.1 Å². The van der Waals surface area contributed by atoms with Crippen molar-refractivity contribution < 1.29 is 4.79 Å². The van der Waals surface area contributed by atoms with E-state index in [1.807, 2.05) is 13.8 Å². The summed E-state index contributed by atoms with van der Waals surface area (Å²) in [7, 11) is 0. The SMILES string of the molecule is CCc1cc(C(N)=O)cc(C)n1. The van der Waals surface area contributed by atoms with Crippen LogP contribution in [0.1, 0.15) is 28.7 Å². The van der Waals surface area contributed by atoms with Gasteiger partial charge in [-0.15, -0.1) is 0 Å². The Morgan fingerprint density at radius 2 is 2.25 bits per heavy atom. The molecule has 0 bridgehead atoms. The van der Waals surface area contributed by atoms with Crippen molar-refractivity contribution in [1.29, 1.82) is 0 Å². The third-order valence-corrected chi connectivity index (χ3v) is 1.65. The molecule has 64 valence electrons. The molecule has 0 atom stereocenters. The molecule has 3 heteroatoms. The van der Waals surface area contributed by atoms with Gasteiger partial charge < -0.3 is 5.73 Å². The predicted molar refractivity (Wildman–Crippen MR) is 46.9 cm³/mol. The Bertz CT molecular complexity index is 307. The first-order valence-electron chi connectivity index (χ1n) is 3.91. The Morgan fingerprint density at radius 1 is 1.58 bits per heavy atom. The van der Waals surface area contributed by atoms with E-state index in [2.05, 4.69) is 4.98 Å². The van der Waals surface area contributed by atoms with Gasteiger partial charge in [0.2, 0.25) is 5.91 Å². The summed E-state index contributed by atoms with van der Waals surface area (Å²) in [5, 5.41) is 0. The van der Waals surface area contributed by atoms with Gasteiger partial charge in [-0.3, -0.25) is 9.78 Å². The van der Waals surface area contributed by atoms with E-state index in [1.54, 1.807) is 12.1 Å². The van der Waals surface area contributed by atoms with Crippen molar-refractivity contribution in [1.82, 2.24) is 4.98 Å². The van der Waals surface area contributed by atoms with Crippen molar-refractivity contribution in [2.45, 2.75) is 20.3 Å². The third kappa shape index (κ3) is 1.81. The topological polar surface area (TPSA) is 56.0 Å². The number of carbonyl (C=O) groups is 1. The number of carbonyl (C=O) groups excluding carboxylic acids is 1. The van der Waals surface area contributed by atoms with Gasteiger partial charge in [-0.1, -0.05) is 6.92 Å². The van der Waals surface area contributed by atoms with Crippen LogP contribution in [0, 0.1) is 6.92 Å². The highest BCUT2D eigenvalue weighted by Crippen LogP contribution is 2.05. The van der Waals surface area contributed by atoms with E-state index < -0.39 is 5.91 Å². The van der Waals surface area contributed by atoms with Gasteiger partial charge in [-0.05, 0) is 25.5 Å². The first kappa shape index (κ1) is 8.71. The molecule has 1 rings (SSSR count). The molecule has 0 saturated carbocycles. The van der Waals surface area contributed by atoms with E-state index in [4.69, 9.17) is 5.73 Å². The summed E-state index contributed by atoms with van der Waals surface area (Å²) in [6.07, 6.45) is 0.821. The fraction of sp³-hybridized carbons (Fsp3) is 0.333. The summed E-state index contributed by atoms with van der Waals surface area (Å²) in [6, 6.07) is 3.43. The second-order valence-corrected chi connectivity index (χ2v) is 2.71. The fourth-order valence-corrected chi connectivity index (χ4v) is 1.06. The Labute approximate surface area is 71.6 Å². The first-order chi connectivity index (χ1) is 5.63. The number of aryl methyl sites for hydroxylation is 2. The molecule has 0 unspecified atom stereocenters. The van der Waals surface area contributed by atoms with E-state index in [0.717, 1.165) is 17.8 Å². The molecule has 1 aromatic heterocycles. The lowest BCUT2D eigenvalue weighted by Gasteiger charge is -2.01. The zero-order valence-corrected chi connectivity index (χ0v) is 7.29. The maximum atomic E-state index is 10.8. The van der Waals surface area contributed by atoms with Crippen molar-refractivity contribution in [2.75, 3.05) is 0 Å². The number of primary amides is 1. The van der Waals surface area contributed by atoms with E-state index in [0.29, 0.717) is 5.56 Å². The number of hydrogen-bond donors (Lipinski definition) is 1. The van der Waals surface area contributed by atoms with E-state index in [1.165, 1.54) is 0 Å². The number of amides is 1. The highest BCUT2D eigenvalue weighted by Gasteiger charge is 2.02. The van der Waals surface area contributed by atoms with E-state index >= 15 is 0 Å². The molecule has 1 amide bonds. The minimum Gasteiger partial charge on any atom is -0.366 e. The van der Waals surface area contributed by atoms with Crippen LogP contribution in [0.2, 0.25) is 0 Å². The van der Waals surface area contributed by atoms with Gasteiger partial charge in [0.05, 0.1) is 0 Å². The van der Waals surface area contributed by atoms with Crippen molar-refractivity contribution in [3.05, 3.63) is 29.1 Å². The number of nitrogens with zero attached hydrogens (tertiary/aromatic N) is 1. The Balaban J connectivity index is 3.15. The number of pyridine rings is 1. The summed E-state index contributed by atoms with van der Waals surface area (Å²) >= 11 is 0. The molecule has 1 heterocycles. The minimum absolute atomic E-state index is 0.393. The highest BCUT2D eigenvalue weighted by molar-refractivity contribution is 5.92. The van der Waals surface area contributed by atoms with Gasteiger partial charge >= 0.3 is 0 Å². The monoisotopic (exact) mass is 164 g/mol. The van der Waals surface area contributed by atoms with Crippen LogP contribution in [0.5, 0.6) is 0 Å². The van der Waals surface area contributed by atoms with E-state index in [-0.39, 0.29) is 0 Å². The molecule has 3 nitrogen and oxygen atoms in total. The van der Waals surface area contributed by atoms with Crippen LogP contribution in [0.25, 0.3) is 0 Å².